The standard InChI is InChI=1S/C18H23FN2/c1-4-21(5-2)16-11-9-15(10-12-16)13-20-18-8-6-7-17(19)14(18)3/h6-12,20H,4-5,13H2,1-3H3. The van der Waals surface area contributed by atoms with Gasteiger partial charge in [-0.1, -0.05) is 18.2 Å². The van der Waals surface area contributed by atoms with Gasteiger partial charge in [-0.25, -0.2) is 4.39 Å². The van der Waals surface area contributed by atoms with Crippen molar-refractivity contribution < 1.29 is 4.39 Å². The summed E-state index contributed by atoms with van der Waals surface area (Å²) in [5, 5.41) is 3.29. The van der Waals surface area contributed by atoms with Gasteiger partial charge in [0.05, 0.1) is 0 Å². The van der Waals surface area contributed by atoms with Gasteiger partial charge in [0, 0.05) is 36.6 Å². The third-order valence-electron chi connectivity index (χ3n) is 3.82. The Hall–Kier alpha value is -2.03. The second kappa shape index (κ2) is 7.11. The Morgan fingerprint density at radius 3 is 2.29 bits per heavy atom. The Balaban J connectivity index is 2.02. The second-order valence-corrected chi connectivity index (χ2v) is 5.10. The molecule has 0 heterocycles. The number of hydrogen-bond donors (Lipinski definition) is 1. The highest BCUT2D eigenvalue weighted by Crippen LogP contribution is 2.19. The fraction of sp³-hybridized carbons (Fsp3) is 0.333. The number of anilines is 2. The molecule has 2 aromatic rings. The maximum absolute atomic E-state index is 13.5. The molecule has 0 bridgehead atoms. The largest absolute Gasteiger partial charge is 0.381 e. The number of benzene rings is 2. The molecule has 0 fully saturated rings. The van der Waals surface area contributed by atoms with Crippen LogP contribution in [0.25, 0.3) is 0 Å². The summed E-state index contributed by atoms with van der Waals surface area (Å²) in [4.78, 5) is 2.31. The van der Waals surface area contributed by atoms with Crippen LogP contribution in [-0.2, 0) is 6.54 Å². The molecule has 0 radical (unpaired) electrons. The lowest BCUT2D eigenvalue weighted by Gasteiger charge is -2.21. The van der Waals surface area contributed by atoms with E-state index < -0.39 is 0 Å². The molecule has 0 aliphatic carbocycles. The van der Waals surface area contributed by atoms with Crippen LogP contribution in [0.1, 0.15) is 25.0 Å². The van der Waals surface area contributed by atoms with Crippen LogP contribution in [0.3, 0.4) is 0 Å². The monoisotopic (exact) mass is 286 g/mol. The van der Waals surface area contributed by atoms with E-state index in [0.717, 1.165) is 18.8 Å². The fourth-order valence-corrected chi connectivity index (χ4v) is 2.41. The molecule has 2 aromatic carbocycles. The van der Waals surface area contributed by atoms with E-state index in [9.17, 15) is 4.39 Å². The van der Waals surface area contributed by atoms with Gasteiger partial charge in [0.2, 0.25) is 0 Å². The second-order valence-electron chi connectivity index (χ2n) is 5.10. The molecule has 0 aliphatic heterocycles. The normalized spacial score (nSPS) is 10.5. The van der Waals surface area contributed by atoms with Crippen LogP contribution in [0.2, 0.25) is 0 Å². The van der Waals surface area contributed by atoms with E-state index in [0.29, 0.717) is 12.1 Å². The average molecular weight is 286 g/mol. The lowest BCUT2D eigenvalue weighted by atomic mass is 10.1. The zero-order valence-corrected chi connectivity index (χ0v) is 13.0. The summed E-state index contributed by atoms with van der Waals surface area (Å²) in [5.41, 5.74) is 3.94. The van der Waals surface area contributed by atoms with Crippen molar-refractivity contribution in [2.45, 2.75) is 27.3 Å². The van der Waals surface area contributed by atoms with E-state index in [1.807, 2.05) is 6.07 Å². The summed E-state index contributed by atoms with van der Waals surface area (Å²) in [7, 11) is 0. The minimum Gasteiger partial charge on any atom is -0.381 e. The van der Waals surface area contributed by atoms with E-state index in [-0.39, 0.29) is 5.82 Å². The van der Waals surface area contributed by atoms with E-state index in [4.69, 9.17) is 0 Å². The van der Waals surface area contributed by atoms with Gasteiger partial charge in [0.15, 0.2) is 0 Å². The van der Waals surface area contributed by atoms with Crippen molar-refractivity contribution in [1.82, 2.24) is 0 Å². The number of halogens is 1. The van der Waals surface area contributed by atoms with Crippen molar-refractivity contribution >= 4 is 11.4 Å². The molecule has 2 nitrogen and oxygen atoms in total. The zero-order valence-electron chi connectivity index (χ0n) is 13.0. The van der Waals surface area contributed by atoms with Crippen molar-refractivity contribution in [2.24, 2.45) is 0 Å². The molecule has 112 valence electrons. The summed E-state index contributed by atoms with van der Waals surface area (Å²) < 4.78 is 13.5. The third-order valence-corrected chi connectivity index (χ3v) is 3.82. The quantitative estimate of drug-likeness (QED) is 0.835. The van der Waals surface area contributed by atoms with Gasteiger partial charge in [-0.15, -0.1) is 0 Å². The SMILES string of the molecule is CCN(CC)c1ccc(CNc2cccc(F)c2C)cc1. The van der Waals surface area contributed by atoms with Crippen LogP contribution >= 0.6 is 0 Å². The zero-order chi connectivity index (χ0) is 15.2. The summed E-state index contributed by atoms with van der Waals surface area (Å²) in [6, 6.07) is 13.6. The van der Waals surface area contributed by atoms with Crippen LogP contribution in [0, 0.1) is 12.7 Å². The van der Waals surface area contributed by atoms with Gasteiger partial charge >= 0.3 is 0 Å². The minimum absolute atomic E-state index is 0.170. The predicted molar refractivity (Wildman–Crippen MR) is 88.5 cm³/mol. The Morgan fingerprint density at radius 1 is 1.00 bits per heavy atom. The molecule has 3 heteroatoms. The Kier molecular flexibility index (Phi) is 5.20. The number of nitrogens with one attached hydrogen (secondary N) is 1. The Bertz CT molecular complexity index is 574. The summed E-state index contributed by atoms with van der Waals surface area (Å²) >= 11 is 0. The molecule has 0 atom stereocenters. The smallest absolute Gasteiger partial charge is 0.128 e. The first-order valence-electron chi connectivity index (χ1n) is 7.48. The van der Waals surface area contributed by atoms with Gasteiger partial charge in [0.1, 0.15) is 5.82 Å². The van der Waals surface area contributed by atoms with E-state index in [2.05, 4.69) is 48.3 Å². The highest BCUT2D eigenvalue weighted by Gasteiger charge is 2.04. The molecule has 0 saturated heterocycles. The number of hydrogen-bond acceptors (Lipinski definition) is 2. The molecule has 0 aromatic heterocycles. The maximum Gasteiger partial charge on any atom is 0.128 e. The summed E-state index contributed by atoms with van der Waals surface area (Å²) in [6.45, 7) is 8.83. The topological polar surface area (TPSA) is 15.3 Å². The van der Waals surface area contributed by atoms with E-state index in [1.54, 1.807) is 13.0 Å². The van der Waals surface area contributed by atoms with Crippen molar-refractivity contribution in [1.29, 1.82) is 0 Å². The van der Waals surface area contributed by atoms with E-state index in [1.165, 1.54) is 17.3 Å². The molecular formula is C18H23FN2. The Morgan fingerprint density at radius 2 is 1.67 bits per heavy atom. The van der Waals surface area contributed by atoms with E-state index >= 15 is 0 Å². The molecule has 1 N–H and O–H groups in total. The van der Waals surface area contributed by atoms with Gasteiger partial charge in [-0.3, -0.25) is 0 Å². The highest BCUT2D eigenvalue weighted by molar-refractivity contribution is 5.52. The van der Waals surface area contributed by atoms with Crippen molar-refractivity contribution in [3.8, 4) is 0 Å². The van der Waals surface area contributed by atoms with Crippen molar-refractivity contribution in [2.75, 3.05) is 23.3 Å². The first kappa shape index (κ1) is 15.4. The van der Waals surface area contributed by atoms with Crippen molar-refractivity contribution in [3.63, 3.8) is 0 Å². The van der Waals surface area contributed by atoms with Gasteiger partial charge in [-0.05, 0) is 50.6 Å². The lowest BCUT2D eigenvalue weighted by Crippen LogP contribution is -2.21. The molecule has 0 saturated carbocycles. The Labute approximate surface area is 126 Å². The lowest BCUT2D eigenvalue weighted by molar-refractivity contribution is 0.619. The average Bonchev–Trinajstić information content (AvgIpc) is 2.51. The number of nitrogens with zero attached hydrogens (tertiary/aromatic N) is 1. The summed E-state index contributed by atoms with van der Waals surface area (Å²) in [5.74, 6) is -0.170. The minimum atomic E-state index is -0.170. The first-order valence-corrected chi connectivity index (χ1v) is 7.48. The van der Waals surface area contributed by atoms with Crippen LogP contribution in [0.4, 0.5) is 15.8 Å². The predicted octanol–water partition coefficient (Wildman–Crippen LogP) is 4.59. The van der Waals surface area contributed by atoms with Crippen LogP contribution in [0.15, 0.2) is 42.5 Å². The third kappa shape index (κ3) is 3.75. The van der Waals surface area contributed by atoms with Gasteiger partial charge < -0.3 is 10.2 Å². The maximum atomic E-state index is 13.5. The van der Waals surface area contributed by atoms with Crippen LogP contribution in [-0.4, -0.2) is 13.1 Å². The molecule has 0 spiro atoms. The summed E-state index contributed by atoms with van der Waals surface area (Å²) in [6.07, 6.45) is 0. The van der Waals surface area contributed by atoms with Gasteiger partial charge in [-0.2, -0.15) is 0 Å². The molecule has 0 unspecified atom stereocenters. The fourth-order valence-electron chi connectivity index (χ4n) is 2.41. The molecule has 2 rings (SSSR count). The highest BCUT2D eigenvalue weighted by atomic mass is 19.1. The first-order chi connectivity index (χ1) is 10.2. The molecule has 0 aliphatic rings. The number of rotatable bonds is 6. The molecular weight excluding hydrogens is 263 g/mol. The van der Waals surface area contributed by atoms with Gasteiger partial charge in [0.25, 0.3) is 0 Å². The van der Waals surface area contributed by atoms with Crippen LogP contribution in [0.5, 0.6) is 0 Å². The van der Waals surface area contributed by atoms with Crippen molar-refractivity contribution in [3.05, 3.63) is 59.4 Å². The van der Waals surface area contributed by atoms with Crippen LogP contribution < -0.4 is 10.2 Å². The molecule has 21 heavy (non-hydrogen) atoms. The molecule has 0 amide bonds.